The van der Waals surface area contributed by atoms with E-state index in [1.807, 2.05) is 6.92 Å². The number of methoxy groups -OCH3 is 1. The number of hydrogen-bond acceptors (Lipinski definition) is 5. The van der Waals surface area contributed by atoms with E-state index in [1.165, 1.54) is 12.1 Å². The van der Waals surface area contributed by atoms with Crippen LogP contribution in [0, 0.1) is 12.7 Å². The maximum Gasteiger partial charge on any atom is 0.254 e. The Balaban J connectivity index is 1.61. The molecular weight excluding hydrogens is 359 g/mol. The summed E-state index contributed by atoms with van der Waals surface area (Å²) in [4.78, 5) is 24.0. The van der Waals surface area contributed by atoms with E-state index in [9.17, 15) is 9.18 Å². The zero-order valence-corrected chi connectivity index (χ0v) is 16.4. The third-order valence-electron chi connectivity index (χ3n) is 5.09. The fraction of sp³-hybridized carbons (Fsp3) is 0.476. The van der Waals surface area contributed by atoms with Crippen LogP contribution in [0.1, 0.15) is 46.2 Å². The van der Waals surface area contributed by atoms with E-state index in [1.54, 1.807) is 25.4 Å². The van der Waals surface area contributed by atoms with Crippen molar-refractivity contribution in [2.24, 2.45) is 0 Å². The molecule has 1 atom stereocenters. The van der Waals surface area contributed by atoms with Gasteiger partial charge >= 0.3 is 0 Å². The monoisotopic (exact) mass is 386 g/mol. The first kappa shape index (κ1) is 20.4. The van der Waals surface area contributed by atoms with Crippen molar-refractivity contribution in [1.29, 1.82) is 0 Å². The molecule has 0 aliphatic carbocycles. The average Bonchev–Trinajstić information content (AvgIpc) is 2.71. The third-order valence-corrected chi connectivity index (χ3v) is 5.09. The molecule has 1 unspecified atom stereocenters. The highest BCUT2D eigenvalue weighted by Crippen LogP contribution is 2.24. The Kier molecular flexibility index (Phi) is 7.06. The van der Waals surface area contributed by atoms with Crippen molar-refractivity contribution in [3.8, 4) is 0 Å². The number of carbonyl (C=O) groups excluding carboxylic acids is 1. The number of rotatable bonds is 7. The number of piperidine rings is 1. The Bertz CT molecular complexity index is 797. The molecule has 0 radical (unpaired) electrons. The summed E-state index contributed by atoms with van der Waals surface area (Å²) in [6, 6.07) is 6.07. The standard InChI is InChI=1S/C21H27FN4O2/c1-15-19(21(27)24-12-16-5-7-18(22)8-6-16)13-23-20(25-15)17-4-3-9-26(14-17)10-11-28-2/h5-8,13,17H,3-4,9-12,14H2,1-2H3,(H,24,27). The van der Waals surface area contributed by atoms with Crippen LogP contribution >= 0.6 is 0 Å². The quantitative estimate of drug-likeness (QED) is 0.792. The second-order valence-corrected chi connectivity index (χ2v) is 7.17. The number of ether oxygens (including phenoxy) is 1. The molecule has 1 aromatic carbocycles. The lowest BCUT2D eigenvalue weighted by Gasteiger charge is -2.31. The molecule has 150 valence electrons. The molecule has 0 spiro atoms. The predicted octanol–water partition coefficient (Wildman–Crippen LogP) is 2.68. The Hall–Kier alpha value is -2.38. The first-order chi connectivity index (χ1) is 13.6. The molecule has 1 aliphatic rings. The van der Waals surface area contributed by atoms with Gasteiger partial charge in [-0.25, -0.2) is 14.4 Å². The first-order valence-electron chi connectivity index (χ1n) is 9.64. The normalized spacial score (nSPS) is 17.5. The summed E-state index contributed by atoms with van der Waals surface area (Å²) in [7, 11) is 1.72. The van der Waals surface area contributed by atoms with E-state index < -0.39 is 0 Å². The number of carbonyl (C=O) groups is 1. The number of amides is 1. The van der Waals surface area contributed by atoms with E-state index in [0.29, 0.717) is 17.8 Å². The fourth-order valence-corrected chi connectivity index (χ4v) is 3.47. The van der Waals surface area contributed by atoms with Gasteiger partial charge in [0.15, 0.2) is 0 Å². The van der Waals surface area contributed by atoms with Crippen LogP contribution in [0.5, 0.6) is 0 Å². The molecule has 2 heterocycles. The van der Waals surface area contributed by atoms with Gasteiger partial charge in [-0.3, -0.25) is 4.79 Å². The van der Waals surface area contributed by atoms with Crippen LogP contribution in [0.3, 0.4) is 0 Å². The van der Waals surface area contributed by atoms with Crippen molar-refractivity contribution < 1.29 is 13.9 Å². The molecular formula is C21H27FN4O2. The maximum absolute atomic E-state index is 13.0. The second-order valence-electron chi connectivity index (χ2n) is 7.17. The van der Waals surface area contributed by atoms with Crippen LogP contribution in [0.4, 0.5) is 4.39 Å². The molecule has 6 nitrogen and oxygen atoms in total. The maximum atomic E-state index is 13.0. The van der Waals surface area contributed by atoms with E-state index in [0.717, 1.165) is 50.5 Å². The molecule has 2 aromatic rings. The van der Waals surface area contributed by atoms with Gasteiger partial charge in [-0.1, -0.05) is 12.1 Å². The van der Waals surface area contributed by atoms with Crippen LogP contribution in [0.15, 0.2) is 30.5 Å². The van der Waals surface area contributed by atoms with Crippen molar-refractivity contribution in [3.05, 3.63) is 58.9 Å². The highest BCUT2D eigenvalue weighted by molar-refractivity contribution is 5.94. The smallest absolute Gasteiger partial charge is 0.254 e. The predicted molar refractivity (Wildman–Crippen MR) is 105 cm³/mol. The first-order valence-corrected chi connectivity index (χ1v) is 9.64. The van der Waals surface area contributed by atoms with E-state index in [4.69, 9.17) is 4.74 Å². The molecule has 1 aromatic heterocycles. The van der Waals surface area contributed by atoms with E-state index >= 15 is 0 Å². The van der Waals surface area contributed by atoms with Crippen LogP contribution in [-0.4, -0.2) is 54.1 Å². The fourth-order valence-electron chi connectivity index (χ4n) is 3.47. The minimum Gasteiger partial charge on any atom is -0.383 e. The Morgan fingerprint density at radius 1 is 1.36 bits per heavy atom. The minimum atomic E-state index is -0.293. The van der Waals surface area contributed by atoms with Gasteiger partial charge in [-0.15, -0.1) is 0 Å². The SMILES string of the molecule is COCCN1CCCC(c2ncc(C(=O)NCc3ccc(F)cc3)c(C)n2)C1. The van der Waals surface area contributed by atoms with Crippen molar-refractivity contribution >= 4 is 5.91 Å². The molecule has 28 heavy (non-hydrogen) atoms. The molecule has 1 aliphatic heterocycles. The van der Waals surface area contributed by atoms with Crippen LogP contribution in [-0.2, 0) is 11.3 Å². The zero-order valence-electron chi connectivity index (χ0n) is 16.4. The second kappa shape index (κ2) is 9.71. The van der Waals surface area contributed by atoms with E-state index in [-0.39, 0.29) is 17.6 Å². The van der Waals surface area contributed by atoms with Crippen LogP contribution in [0.25, 0.3) is 0 Å². The van der Waals surface area contributed by atoms with E-state index in [2.05, 4.69) is 20.2 Å². The lowest BCUT2D eigenvalue weighted by atomic mass is 9.97. The number of aromatic nitrogens is 2. The summed E-state index contributed by atoms with van der Waals surface area (Å²) in [6.07, 6.45) is 3.78. The number of aryl methyl sites for hydroxylation is 1. The largest absolute Gasteiger partial charge is 0.383 e. The van der Waals surface area contributed by atoms with Gasteiger partial charge in [-0.2, -0.15) is 0 Å². The summed E-state index contributed by atoms with van der Waals surface area (Å²) in [5.41, 5.74) is 1.98. The molecule has 1 amide bonds. The zero-order chi connectivity index (χ0) is 19.9. The van der Waals surface area contributed by atoms with Crippen molar-refractivity contribution in [3.63, 3.8) is 0 Å². The minimum absolute atomic E-state index is 0.223. The van der Waals surface area contributed by atoms with Crippen molar-refractivity contribution in [2.45, 2.75) is 32.2 Å². The van der Waals surface area contributed by atoms with Gasteiger partial charge < -0.3 is 15.0 Å². The van der Waals surface area contributed by atoms with Crippen molar-refractivity contribution in [1.82, 2.24) is 20.2 Å². The van der Waals surface area contributed by atoms with Gasteiger partial charge in [0.25, 0.3) is 5.91 Å². The van der Waals surface area contributed by atoms with Crippen LogP contribution in [0.2, 0.25) is 0 Å². The number of halogens is 1. The number of likely N-dealkylation sites (tertiary alicyclic amines) is 1. The van der Waals surface area contributed by atoms with Crippen molar-refractivity contribution in [2.75, 3.05) is 33.4 Å². The van der Waals surface area contributed by atoms with Crippen LogP contribution < -0.4 is 5.32 Å². The molecule has 7 heteroatoms. The Morgan fingerprint density at radius 3 is 2.86 bits per heavy atom. The topological polar surface area (TPSA) is 67.3 Å². The summed E-state index contributed by atoms with van der Waals surface area (Å²) >= 11 is 0. The molecule has 1 N–H and O–H groups in total. The lowest BCUT2D eigenvalue weighted by molar-refractivity contribution is 0.0949. The van der Waals surface area contributed by atoms with Gasteiger partial charge in [0.2, 0.25) is 0 Å². The number of benzene rings is 1. The third kappa shape index (κ3) is 5.33. The number of hydrogen-bond donors (Lipinski definition) is 1. The Labute approximate surface area is 165 Å². The number of nitrogens with zero attached hydrogens (tertiary/aromatic N) is 3. The summed E-state index contributed by atoms with van der Waals surface area (Å²) < 4.78 is 18.1. The molecule has 0 saturated carbocycles. The lowest BCUT2D eigenvalue weighted by Crippen LogP contribution is -2.37. The molecule has 1 fully saturated rings. The summed E-state index contributed by atoms with van der Waals surface area (Å²) in [6.45, 7) is 5.79. The van der Waals surface area contributed by atoms with Gasteiger partial charge in [0.1, 0.15) is 11.6 Å². The molecule has 1 saturated heterocycles. The number of nitrogens with one attached hydrogen (secondary N) is 1. The summed E-state index contributed by atoms with van der Waals surface area (Å²) in [5.74, 6) is 0.562. The summed E-state index contributed by atoms with van der Waals surface area (Å²) in [5, 5.41) is 2.84. The highest BCUT2D eigenvalue weighted by Gasteiger charge is 2.24. The molecule has 3 rings (SSSR count). The van der Waals surface area contributed by atoms with Gasteiger partial charge in [0, 0.05) is 38.9 Å². The average molecular weight is 386 g/mol. The highest BCUT2D eigenvalue weighted by atomic mass is 19.1. The Morgan fingerprint density at radius 2 is 2.14 bits per heavy atom. The van der Waals surface area contributed by atoms with Gasteiger partial charge in [-0.05, 0) is 44.0 Å². The molecule has 0 bridgehead atoms. The van der Waals surface area contributed by atoms with Gasteiger partial charge in [0.05, 0.1) is 17.9 Å².